The summed E-state index contributed by atoms with van der Waals surface area (Å²) in [6.45, 7) is 2.72. The third-order valence-electron chi connectivity index (χ3n) is 4.31. The molecule has 0 bridgehead atoms. The number of hydrogen-bond acceptors (Lipinski definition) is 5. The molecule has 120 valence electrons. The predicted octanol–water partition coefficient (Wildman–Crippen LogP) is 3.20. The highest BCUT2D eigenvalue weighted by molar-refractivity contribution is 7.16. The summed E-state index contributed by atoms with van der Waals surface area (Å²) in [6, 6.07) is 10.5. The maximum absolute atomic E-state index is 9.61. The van der Waals surface area contributed by atoms with Gasteiger partial charge in [0.15, 0.2) is 0 Å². The van der Waals surface area contributed by atoms with Crippen molar-refractivity contribution >= 4 is 33.1 Å². The molecule has 0 atom stereocenters. The van der Waals surface area contributed by atoms with Crippen LogP contribution in [-0.4, -0.2) is 34.3 Å². The van der Waals surface area contributed by atoms with Gasteiger partial charge >= 0.3 is 0 Å². The first-order valence-electron chi connectivity index (χ1n) is 7.97. The number of hydrogen-bond donors (Lipinski definition) is 3. The van der Waals surface area contributed by atoms with Gasteiger partial charge in [0, 0.05) is 30.2 Å². The number of nitrogens with zero attached hydrogens (tertiary/aromatic N) is 2. The first-order chi connectivity index (χ1) is 11.3. The van der Waals surface area contributed by atoms with Gasteiger partial charge in [0.2, 0.25) is 0 Å². The molecule has 23 heavy (non-hydrogen) atoms. The highest BCUT2D eigenvalue weighted by Gasteiger charge is 2.18. The molecule has 1 aliphatic heterocycles. The number of fused-ring (bicyclic) bond motifs is 1. The maximum atomic E-state index is 9.61. The first-order valence-corrected chi connectivity index (χ1v) is 8.78. The number of aliphatic hydroxyl groups is 1. The SMILES string of the molecule is OC1CCN(c2ccc(CNc3ccc4nc[nH]c4c3)s2)CC1. The van der Waals surface area contributed by atoms with E-state index in [9.17, 15) is 5.11 Å². The number of nitrogens with one attached hydrogen (secondary N) is 2. The smallest absolute Gasteiger partial charge is 0.0931 e. The van der Waals surface area contributed by atoms with Crippen LogP contribution in [0.2, 0.25) is 0 Å². The highest BCUT2D eigenvalue weighted by atomic mass is 32.1. The van der Waals surface area contributed by atoms with Crippen LogP contribution in [0.5, 0.6) is 0 Å². The van der Waals surface area contributed by atoms with E-state index in [0.29, 0.717) is 0 Å². The van der Waals surface area contributed by atoms with Crippen LogP contribution in [0.4, 0.5) is 10.7 Å². The van der Waals surface area contributed by atoms with E-state index >= 15 is 0 Å². The molecule has 0 unspecified atom stereocenters. The third kappa shape index (κ3) is 3.18. The summed E-state index contributed by atoms with van der Waals surface area (Å²) >= 11 is 1.83. The van der Waals surface area contributed by atoms with Gasteiger partial charge < -0.3 is 20.3 Å². The Bertz CT molecular complexity index is 789. The van der Waals surface area contributed by atoms with Crippen molar-refractivity contribution in [2.75, 3.05) is 23.3 Å². The fourth-order valence-corrected chi connectivity index (χ4v) is 3.95. The molecule has 1 aliphatic rings. The van der Waals surface area contributed by atoms with E-state index in [-0.39, 0.29) is 6.10 Å². The van der Waals surface area contributed by atoms with Crippen molar-refractivity contribution in [3.63, 3.8) is 0 Å². The molecular weight excluding hydrogens is 308 g/mol. The van der Waals surface area contributed by atoms with Gasteiger partial charge in [0.1, 0.15) is 0 Å². The summed E-state index contributed by atoms with van der Waals surface area (Å²) < 4.78 is 0. The average Bonchev–Trinajstić information content (AvgIpc) is 3.22. The molecule has 6 heteroatoms. The topological polar surface area (TPSA) is 64.2 Å². The first kappa shape index (κ1) is 14.5. The summed E-state index contributed by atoms with van der Waals surface area (Å²) in [5, 5.41) is 14.4. The molecule has 1 aromatic carbocycles. The summed E-state index contributed by atoms with van der Waals surface area (Å²) in [4.78, 5) is 11.1. The minimum absolute atomic E-state index is 0.121. The highest BCUT2D eigenvalue weighted by Crippen LogP contribution is 2.29. The van der Waals surface area contributed by atoms with Crippen LogP contribution in [0.15, 0.2) is 36.7 Å². The molecule has 0 aliphatic carbocycles. The van der Waals surface area contributed by atoms with E-state index in [0.717, 1.165) is 49.2 Å². The Hall–Kier alpha value is -2.05. The van der Waals surface area contributed by atoms with Gasteiger partial charge in [0.05, 0.1) is 28.5 Å². The van der Waals surface area contributed by atoms with Crippen molar-refractivity contribution in [2.45, 2.75) is 25.5 Å². The van der Waals surface area contributed by atoms with E-state index in [1.807, 2.05) is 17.4 Å². The number of imidazole rings is 1. The van der Waals surface area contributed by atoms with Crippen LogP contribution >= 0.6 is 11.3 Å². The summed E-state index contributed by atoms with van der Waals surface area (Å²) in [6.07, 6.45) is 3.34. The molecule has 3 heterocycles. The number of piperidine rings is 1. The van der Waals surface area contributed by atoms with Gasteiger partial charge in [0.25, 0.3) is 0 Å². The van der Waals surface area contributed by atoms with Gasteiger partial charge in [-0.05, 0) is 43.2 Å². The van der Waals surface area contributed by atoms with E-state index < -0.39 is 0 Å². The molecule has 0 radical (unpaired) electrons. The molecule has 2 aromatic heterocycles. The Morgan fingerprint density at radius 1 is 1.26 bits per heavy atom. The number of H-pyrrole nitrogens is 1. The zero-order valence-corrected chi connectivity index (χ0v) is 13.6. The molecule has 1 fully saturated rings. The van der Waals surface area contributed by atoms with Crippen molar-refractivity contribution in [1.29, 1.82) is 0 Å². The third-order valence-corrected chi connectivity index (χ3v) is 5.46. The summed E-state index contributed by atoms with van der Waals surface area (Å²) in [5.41, 5.74) is 3.13. The Kier molecular flexibility index (Phi) is 3.93. The van der Waals surface area contributed by atoms with Crippen molar-refractivity contribution in [2.24, 2.45) is 0 Å². The largest absolute Gasteiger partial charge is 0.393 e. The lowest BCUT2D eigenvalue weighted by Gasteiger charge is -2.30. The molecule has 1 saturated heterocycles. The standard InChI is InChI=1S/C17H20N4OS/c22-13-5-7-21(8-6-13)17-4-2-14(23-17)10-18-12-1-3-15-16(9-12)20-11-19-15/h1-4,9,11,13,18,22H,5-8,10H2,(H,19,20). The number of aromatic nitrogens is 2. The number of anilines is 2. The molecule has 4 rings (SSSR count). The average molecular weight is 328 g/mol. The Morgan fingerprint density at radius 3 is 3.00 bits per heavy atom. The van der Waals surface area contributed by atoms with E-state index in [1.165, 1.54) is 9.88 Å². The maximum Gasteiger partial charge on any atom is 0.0931 e. The normalized spacial score (nSPS) is 16.1. The van der Waals surface area contributed by atoms with Gasteiger partial charge in [-0.1, -0.05) is 0 Å². The second kappa shape index (κ2) is 6.22. The molecule has 3 aromatic rings. The quantitative estimate of drug-likeness (QED) is 0.688. The Balaban J connectivity index is 1.39. The van der Waals surface area contributed by atoms with E-state index in [4.69, 9.17) is 0 Å². The summed E-state index contributed by atoms with van der Waals surface area (Å²) in [5.74, 6) is 0. The Labute approximate surface area is 139 Å². The molecule has 5 nitrogen and oxygen atoms in total. The lowest BCUT2D eigenvalue weighted by Crippen LogP contribution is -2.35. The van der Waals surface area contributed by atoms with Crippen LogP contribution in [-0.2, 0) is 6.54 Å². The van der Waals surface area contributed by atoms with E-state index in [2.05, 4.69) is 44.5 Å². The van der Waals surface area contributed by atoms with Crippen molar-refractivity contribution in [3.05, 3.63) is 41.5 Å². The molecule has 0 spiro atoms. The number of thiophene rings is 1. The zero-order chi connectivity index (χ0) is 15.6. The van der Waals surface area contributed by atoms with Crippen LogP contribution in [0.1, 0.15) is 17.7 Å². The van der Waals surface area contributed by atoms with Crippen molar-refractivity contribution < 1.29 is 5.11 Å². The van der Waals surface area contributed by atoms with Gasteiger partial charge in [-0.25, -0.2) is 4.98 Å². The van der Waals surface area contributed by atoms with Crippen LogP contribution in [0, 0.1) is 0 Å². The van der Waals surface area contributed by atoms with Gasteiger partial charge in [-0.3, -0.25) is 0 Å². The number of benzene rings is 1. The molecule has 0 saturated carbocycles. The lowest BCUT2D eigenvalue weighted by molar-refractivity contribution is 0.145. The zero-order valence-electron chi connectivity index (χ0n) is 12.8. The summed E-state index contributed by atoms with van der Waals surface area (Å²) in [7, 11) is 0. The minimum atomic E-state index is -0.121. The number of aromatic amines is 1. The van der Waals surface area contributed by atoms with Crippen molar-refractivity contribution in [3.8, 4) is 0 Å². The van der Waals surface area contributed by atoms with Crippen LogP contribution in [0.25, 0.3) is 11.0 Å². The number of aliphatic hydroxyl groups excluding tert-OH is 1. The van der Waals surface area contributed by atoms with Gasteiger partial charge in [-0.2, -0.15) is 0 Å². The lowest BCUT2D eigenvalue weighted by atomic mass is 10.1. The van der Waals surface area contributed by atoms with Crippen LogP contribution in [0.3, 0.4) is 0 Å². The van der Waals surface area contributed by atoms with Crippen LogP contribution < -0.4 is 10.2 Å². The fraction of sp³-hybridized carbons (Fsp3) is 0.353. The monoisotopic (exact) mass is 328 g/mol. The second-order valence-electron chi connectivity index (χ2n) is 5.95. The molecule has 3 N–H and O–H groups in total. The second-order valence-corrected chi connectivity index (χ2v) is 7.09. The fourth-order valence-electron chi connectivity index (χ4n) is 2.95. The van der Waals surface area contributed by atoms with Gasteiger partial charge in [-0.15, -0.1) is 11.3 Å². The Morgan fingerprint density at radius 2 is 2.13 bits per heavy atom. The predicted molar refractivity (Wildman–Crippen MR) is 95.2 cm³/mol. The number of rotatable bonds is 4. The van der Waals surface area contributed by atoms with Crippen molar-refractivity contribution in [1.82, 2.24) is 9.97 Å². The molecular formula is C17H20N4OS. The minimum Gasteiger partial charge on any atom is -0.393 e. The molecule has 0 amide bonds. The van der Waals surface area contributed by atoms with E-state index in [1.54, 1.807) is 6.33 Å².